The zero-order chi connectivity index (χ0) is 43.6. The fraction of sp³-hybridized carbons (Fsp3) is 0.426. The zero-order valence-corrected chi connectivity index (χ0v) is 36.3. The molecule has 0 radical (unpaired) electrons. The topological polar surface area (TPSA) is 153 Å². The van der Waals surface area contributed by atoms with Gasteiger partial charge in [-0.1, -0.05) is 0 Å². The number of oxazole rings is 1. The van der Waals surface area contributed by atoms with Crippen LogP contribution in [-0.4, -0.2) is 96.1 Å². The number of carbonyl (C=O) groups excluding carboxylic acids is 4. The van der Waals surface area contributed by atoms with Crippen LogP contribution in [0, 0.1) is 0 Å². The van der Waals surface area contributed by atoms with Crippen molar-refractivity contribution >= 4 is 35.0 Å². The second-order valence-corrected chi connectivity index (χ2v) is 18.1. The molecule has 0 aliphatic carbocycles. The maximum atomic E-state index is 13.5. The van der Waals surface area contributed by atoms with Crippen molar-refractivity contribution in [3.05, 3.63) is 103 Å². The van der Waals surface area contributed by atoms with Gasteiger partial charge in [-0.2, -0.15) is 0 Å². The number of nitrogens with zero attached hydrogens (tertiary/aromatic N) is 5. The molecular weight excluding hydrogens is 775 g/mol. The van der Waals surface area contributed by atoms with Gasteiger partial charge in [0.2, 0.25) is 17.7 Å². The van der Waals surface area contributed by atoms with Crippen LogP contribution in [0.4, 0.5) is 11.4 Å². The largest absolute Gasteiger partial charge is 0.436 e. The van der Waals surface area contributed by atoms with Crippen LogP contribution >= 0.6 is 0 Å². The Labute approximate surface area is 357 Å². The van der Waals surface area contributed by atoms with Crippen LogP contribution in [0.5, 0.6) is 0 Å². The van der Waals surface area contributed by atoms with Gasteiger partial charge < -0.3 is 43.5 Å². The summed E-state index contributed by atoms with van der Waals surface area (Å²) in [4.78, 5) is 61.8. The summed E-state index contributed by atoms with van der Waals surface area (Å²) in [5, 5.41) is 5.97. The number of hydrogen-bond donors (Lipinski definition) is 2. The molecule has 4 amide bonds. The third kappa shape index (κ3) is 10.7. The van der Waals surface area contributed by atoms with E-state index in [0.717, 1.165) is 11.1 Å². The fourth-order valence-electron chi connectivity index (χ4n) is 8.27. The van der Waals surface area contributed by atoms with E-state index in [-0.39, 0.29) is 72.0 Å². The third-order valence-electron chi connectivity index (χ3n) is 10.9. The Bertz CT molecular complexity index is 2180. The summed E-state index contributed by atoms with van der Waals surface area (Å²) in [6.07, 6.45) is 6.37. The molecule has 0 spiro atoms. The van der Waals surface area contributed by atoms with Crippen LogP contribution in [0.2, 0.25) is 0 Å². The van der Waals surface area contributed by atoms with E-state index in [0.29, 0.717) is 60.3 Å². The molecular formula is C47H57N7O7. The predicted octanol–water partition coefficient (Wildman–Crippen LogP) is 7.54. The Morgan fingerprint density at radius 2 is 1.08 bits per heavy atom. The predicted molar refractivity (Wildman–Crippen MR) is 233 cm³/mol. The summed E-state index contributed by atoms with van der Waals surface area (Å²) in [6.45, 7) is 12.8. The highest BCUT2D eigenvalue weighted by Gasteiger charge is 2.41. The van der Waals surface area contributed by atoms with Crippen molar-refractivity contribution in [3.8, 4) is 22.8 Å². The van der Waals surface area contributed by atoms with Crippen molar-refractivity contribution in [3.63, 3.8) is 0 Å². The number of nitrogens with one attached hydrogen (secondary N) is 2. The van der Waals surface area contributed by atoms with Crippen LogP contribution in [0.15, 0.2) is 95.8 Å². The van der Waals surface area contributed by atoms with Crippen molar-refractivity contribution in [2.75, 3.05) is 23.7 Å². The SMILES string of the molecule is Cn1cccc1C(=O)N1C[C@H](OC(C)(C)C)C[C@H]1CC(=O)Nc1ccc(-c2cnc(-c3ccc(NC(=O)C[C@@H]4C[C@@H](OC(C)(C)C)CN4C(=O)c4cccn4C)cc3)o2)cc1. The van der Waals surface area contributed by atoms with Gasteiger partial charge in [0, 0.05) is 87.0 Å². The molecule has 2 aliphatic rings. The lowest BCUT2D eigenvalue weighted by Crippen LogP contribution is -2.39. The average molecular weight is 832 g/mol. The Kier molecular flexibility index (Phi) is 12.4. The molecule has 0 bridgehead atoms. The average Bonchev–Trinajstić information content (AvgIpc) is 4.03. The number of aryl methyl sites for hydroxylation is 2. The minimum absolute atomic E-state index is 0.120. The van der Waals surface area contributed by atoms with Crippen LogP contribution < -0.4 is 10.6 Å². The van der Waals surface area contributed by atoms with Gasteiger partial charge >= 0.3 is 0 Å². The molecule has 3 aromatic heterocycles. The molecule has 2 saturated heterocycles. The first-order valence-corrected chi connectivity index (χ1v) is 20.9. The lowest BCUT2D eigenvalue weighted by molar-refractivity contribution is -0.117. The summed E-state index contributed by atoms with van der Waals surface area (Å²) >= 11 is 0. The minimum Gasteiger partial charge on any atom is -0.436 e. The molecule has 322 valence electrons. The molecule has 14 heteroatoms. The summed E-state index contributed by atoms with van der Waals surface area (Å²) in [5.74, 6) is 0.328. The number of anilines is 2. The Hall–Kier alpha value is -5.99. The van der Waals surface area contributed by atoms with Crippen molar-refractivity contribution < 1.29 is 33.1 Å². The first kappa shape index (κ1) is 43.1. The van der Waals surface area contributed by atoms with Crippen LogP contribution in [-0.2, 0) is 33.2 Å². The molecule has 2 N–H and O–H groups in total. The van der Waals surface area contributed by atoms with Crippen molar-refractivity contribution in [2.45, 2.75) is 103 Å². The molecule has 2 aromatic carbocycles. The molecule has 0 unspecified atom stereocenters. The van der Waals surface area contributed by atoms with Gasteiger partial charge in [-0.15, -0.1) is 0 Å². The number of rotatable bonds is 12. The number of ether oxygens (including phenoxy) is 2. The molecule has 2 aliphatic heterocycles. The Morgan fingerprint density at radius 3 is 1.48 bits per heavy atom. The van der Waals surface area contributed by atoms with Crippen molar-refractivity contribution in [1.29, 1.82) is 0 Å². The van der Waals surface area contributed by atoms with Crippen LogP contribution in [0.25, 0.3) is 22.8 Å². The van der Waals surface area contributed by atoms with Gasteiger partial charge in [-0.05, 0) is 127 Å². The number of carbonyl (C=O) groups is 4. The molecule has 61 heavy (non-hydrogen) atoms. The molecule has 7 rings (SSSR count). The Balaban J connectivity index is 0.936. The van der Waals surface area contributed by atoms with Gasteiger partial charge in [-0.25, -0.2) is 4.98 Å². The maximum absolute atomic E-state index is 13.5. The second-order valence-electron chi connectivity index (χ2n) is 18.1. The van der Waals surface area contributed by atoms with Crippen LogP contribution in [0.3, 0.4) is 0 Å². The number of hydrogen-bond acceptors (Lipinski definition) is 8. The number of aromatic nitrogens is 3. The molecule has 14 nitrogen and oxygen atoms in total. The second kappa shape index (κ2) is 17.5. The smallest absolute Gasteiger partial charge is 0.270 e. The fourth-order valence-corrected chi connectivity index (χ4v) is 8.27. The molecule has 5 aromatic rings. The molecule has 5 heterocycles. The first-order valence-electron chi connectivity index (χ1n) is 20.9. The van der Waals surface area contributed by atoms with E-state index in [1.54, 1.807) is 61.5 Å². The summed E-state index contributed by atoms with van der Waals surface area (Å²) < 4.78 is 22.2. The lowest BCUT2D eigenvalue weighted by atomic mass is 10.1. The van der Waals surface area contributed by atoms with Gasteiger partial charge in [0.1, 0.15) is 11.4 Å². The minimum atomic E-state index is -0.378. The van der Waals surface area contributed by atoms with Gasteiger partial charge in [-0.3, -0.25) is 19.2 Å². The highest BCUT2D eigenvalue weighted by molar-refractivity contribution is 5.96. The van der Waals surface area contributed by atoms with E-state index in [1.165, 1.54) is 0 Å². The standard InChI is InChI=1S/C47H57N7O7/c1-46(2,3)60-36-23-34(53(28-36)44(57)38-11-9-21-51(38)7)25-41(55)49-32-17-13-30(14-18-32)40-27-48-43(59-40)31-15-19-33(20-16-31)50-42(56)26-35-24-37(61-47(4,5)6)29-54(35)45(58)39-12-10-22-52(39)8/h9-22,27,34-37H,23-26,28-29H2,1-8H3,(H,49,55)(H,50,56)/t34-,35-,36+,37+/m0/s1. The number of benzene rings is 2. The van der Waals surface area contributed by atoms with Crippen molar-refractivity contribution in [2.24, 2.45) is 14.1 Å². The monoisotopic (exact) mass is 831 g/mol. The van der Waals surface area contributed by atoms with E-state index in [9.17, 15) is 19.2 Å². The quantitative estimate of drug-likeness (QED) is 0.131. The van der Waals surface area contributed by atoms with Gasteiger partial charge in [0.05, 0.1) is 29.6 Å². The highest BCUT2D eigenvalue weighted by atomic mass is 16.5. The normalized spacial score (nSPS) is 19.3. The van der Waals surface area contributed by atoms with E-state index in [1.807, 2.05) is 104 Å². The highest BCUT2D eigenvalue weighted by Crippen LogP contribution is 2.32. The van der Waals surface area contributed by atoms with E-state index in [4.69, 9.17) is 13.9 Å². The van der Waals surface area contributed by atoms with Crippen LogP contribution in [0.1, 0.15) is 88.2 Å². The summed E-state index contributed by atoms with van der Waals surface area (Å²) in [5.41, 5.74) is 3.11. The van der Waals surface area contributed by atoms with E-state index < -0.39 is 0 Å². The number of likely N-dealkylation sites (tertiary alicyclic amines) is 2. The molecule has 4 atom stereocenters. The number of amides is 4. The first-order chi connectivity index (χ1) is 28.9. The summed E-state index contributed by atoms with van der Waals surface area (Å²) in [6, 6.07) is 21.2. The van der Waals surface area contributed by atoms with Gasteiger partial charge in [0.15, 0.2) is 5.76 Å². The van der Waals surface area contributed by atoms with E-state index in [2.05, 4.69) is 15.6 Å². The van der Waals surface area contributed by atoms with Gasteiger partial charge in [0.25, 0.3) is 11.8 Å². The Morgan fingerprint density at radius 1 is 0.656 bits per heavy atom. The zero-order valence-electron chi connectivity index (χ0n) is 36.3. The molecule has 2 fully saturated rings. The maximum Gasteiger partial charge on any atom is 0.270 e. The lowest BCUT2D eigenvalue weighted by Gasteiger charge is -2.25. The van der Waals surface area contributed by atoms with Crippen molar-refractivity contribution in [1.82, 2.24) is 23.9 Å². The third-order valence-corrected chi connectivity index (χ3v) is 10.9. The van der Waals surface area contributed by atoms with E-state index >= 15 is 0 Å². The molecule has 0 saturated carbocycles. The summed E-state index contributed by atoms with van der Waals surface area (Å²) in [7, 11) is 3.67.